The van der Waals surface area contributed by atoms with Crippen molar-refractivity contribution < 1.29 is 18.0 Å². The van der Waals surface area contributed by atoms with E-state index in [0.29, 0.717) is 0 Å². The maximum atomic E-state index is 12.9. The molecule has 0 heterocycles. The maximum Gasteiger partial charge on any atom is 0.416 e. The monoisotopic (exact) mass is 274 g/mol. The average molecular weight is 274 g/mol. The number of alkyl halides is 3. The molecule has 0 saturated heterocycles. The van der Waals surface area contributed by atoms with Gasteiger partial charge in [-0.15, -0.1) is 0 Å². The number of nitrogens with two attached hydrogens (primary N) is 1. The molecule has 19 heavy (non-hydrogen) atoms. The highest BCUT2D eigenvalue weighted by atomic mass is 19.4. The molecule has 2 unspecified atom stereocenters. The minimum absolute atomic E-state index is 0.0559. The molecule has 3 nitrogen and oxygen atoms in total. The van der Waals surface area contributed by atoms with Crippen molar-refractivity contribution in [3.8, 4) is 0 Å². The van der Waals surface area contributed by atoms with E-state index in [-0.39, 0.29) is 18.2 Å². The fourth-order valence-electron chi connectivity index (χ4n) is 1.86. The molecule has 2 atom stereocenters. The summed E-state index contributed by atoms with van der Waals surface area (Å²) in [5.41, 5.74) is 4.56. The first-order valence-corrected chi connectivity index (χ1v) is 5.91. The molecule has 1 rings (SSSR count). The maximum absolute atomic E-state index is 12.9. The lowest BCUT2D eigenvalue weighted by molar-refractivity contribution is -0.138. The number of carbonyl (C=O) groups excluding carboxylic acids is 1. The average Bonchev–Trinajstić information content (AvgIpc) is 2.34. The Morgan fingerprint density at radius 3 is 2.42 bits per heavy atom. The van der Waals surface area contributed by atoms with E-state index in [2.05, 4.69) is 5.32 Å². The first-order chi connectivity index (χ1) is 8.73. The lowest BCUT2D eigenvalue weighted by Crippen LogP contribution is -2.38. The molecular weight excluding hydrogens is 257 g/mol. The normalized spacial score (nSPS) is 15.0. The number of nitrogens with one attached hydrogen (secondary N) is 1. The lowest BCUT2D eigenvalue weighted by atomic mass is 9.90. The number of primary amides is 1. The smallest absolute Gasteiger partial charge is 0.369 e. The largest absolute Gasteiger partial charge is 0.416 e. The topological polar surface area (TPSA) is 55.1 Å². The van der Waals surface area contributed by atoms with Crippen LogP contribution >= 0.6 is 0 Å². The molecular formula is C13H17F3N2O. The highest BCUT2D eigenvalue weighted by Crippen LogP contribution is 2.35. The molecule has 0 aliphatic carbocycles. The number of hydrogen-bond donors (Lipinski definition) is 2. The zero-order valence-electron chi connectivity index (χ0n) is 10.8. The van der Waals surface area contributed by atoms with E-state index in [1.54, 1.807) is 19.9 Å². The Morgan fingerprint density at radius 2 is 1.89 bits per heavy atom. The number of halogens is 3. The van der Waals surface area contributed by atoms with Crippen LogP contribution in [0.15, 0.2) is 24.3 Å². The molecule has 0 aliphatic heterocycles. The summed E-state index contributed by atoms with van der Waals surface area (Å²) in [5, 5.41) is 2.82. The van der Waals surface area contributed by atoms with E-state index in [9.17, 15) is 18.0 Å². The fraction of sp³-hybridized carbons (Fsp3) is 0.462. The molecule has 1 aromatic carbocycles. The van der Waals surface area contributed by atoms with Crippen molar-refractivity contribution >= 4 is 5.91 Å². The Labute approximate surface area is 110 Å². The van der Waals surface area contributed by atoms with Crippen LogP contribution in [0.4, 0.5) is 13.2 Å². The summed E-state index contributed by atoms with van der Waals surface area (Å²) in [6.45, 7) is 3.35. The van der Waals surface area contributed by atoms with Crippen LogP contribution < -0.4 is 11.1 Å². The van der Waals surface area contributed by atoms with Crippen LogP contribution in [-0.4, -0.2) is 18.5 Å². The number of hydrogen-bond acceptors (Lipinski definition) is 2. The van der Waals surface area contributed by atoms with Gasteiger partial charge in [0.15, 0.2) is 0 Å². The highest BCUT2D eigenvalue weighted by molar-refractivity contribution is 5.75. The van der Waals surface area contributed by atoms with Crippen molar-refractivity contribution in [3.63, 3.8) is 0 Å². The predicted molar refractivity (Wildman–Crippen MR) is 66.5 cm³/mol. The zero-order chi connectivity index (χ0) is 14.6. The lowest BCUT2D eigenvalue weighted by Gasteiger charge is -2.24. The van der Waals surface area contributed by atoms with Crippen LogP contribution in [0.2, 0.25) is 0 Å². The van der Waals surface area contributed by atoms with E-state index >= 15 is 0 Å². The second-order valence-electron chi connectivity index (χ2n) is 4.51. The van der Waals surface area contributed by atoms with Gasteiger partial charge in [0.1, 0.15) is 0 Å². The molecule has 6 heteroatoms. The predicted octanol–water partition coefficient (Wildman–Crippen LogP) is 2.27. The number of carbonyl (C=O) groups is 1. The van der Waals surface area contributed by atoms with Crippen LogP contribution in [0.1, 0.15) is 30.9 Å². The zero-order valence-corrected chi connectivity index (χ0v) is 10.8. The third-order valence-corrected chi connectivity index (χ3v) is 3.11. The van der Waals surface area contributed by atoms with E-state index < -0.39 is 23.6 Å². The Kier molecular flexibility index (Phi) is 4.94. The van der Waals surface area contributed by atoms with Crippen LogP contribution in [0.5, 0.6) is 0 Å². The highest BCUT2D eigenvalue weighted by Gasteiger charge is 2.34. The summed E-state index contributed by atoms with van der Waals surface area (Å²) in [6, 6.07) is 5.15. The van der Waals surface area contributed by atoms with E-state index in [4.69, 9.17) is 5.73 Å². The van der Waals surface area contributed by atoms with Gasteiger partial charge in [-0.1, -0.05) is 25.1 Å². The van der Waals surface area contributed by atoms with Crippen LogP contribution in [-0.2, 0) is 11.0 Å². The van der Waals surface area contributed by atoms with Gasteiger partial charge in [-0.3, -0.25) is 4.79 Å². The second-order valence-corrected chi connectivity index (χ2v) is 4.51. The Morgan fingerprint density at radius 1 is 1.32 bits per heavy atom. The van der Waals surface area contributed by atoms with Crippen molar-refractivity contribution in [2.24, 2.45) is 5.73 Å². The van der Waals surface area contributed by atoms with Gasteiger partial charge in [0.2, 0.25) is 5.91 Å². The molecule has 0 saturated carbocycles. The minimum Gasteiger partial charge on any atom is -0.369 e. The molecule has 1 amide bonds. The number of rotatable bonds is 5. The van der Waals surface area contributed by atoms with Gasteiger partial charge >= 0.3 is 6.18 Å². The van der Waals surface area contributed by atoms with Gasteiger partial charge in [-0.2, -0.15) is 13.2 Å². The van der Waals surface area contributed by atoms with Gasteiger partial charge in [0.05, 0.1) is 12.1 Å². The molecule has 3 N–H and O–H groups in total. The van der Waals surface area contributed by atoms with Gasteiger partial charge in [0, 0.05) is 6.04 Å². The van der Waals surface area contributed by atoms with Gasteiger partial charge in [-0.05, 0) is 24.5 Å². The van der Waals surface area contributed by atoms with Crippen molar-refractivity contribution in [2.45, 2.75) is 32.0 Å². The summed E-state index contributed by atoms with van der Waals surface area (Å²) in [4.78, 5) is 10.7. The SMILES string of the molecule is CC(NCC(N)=O)C(C)c1ccccc1C(F)(F)F. The standard InChI is InChI=1S/C13H17F3N2O/c1-8(9(2)18-7-12(17)19)10-5-3-4-6-11(10)13(14,15)16/h3-6,8-9,18H,7H2,1-2H3,(H2,17,19). The molecule has 0 fully saturated rings. The first-order valence-electron chi connectivity index (χ1n) is 5.91. The quantitative estimate of drug-likeness (QED) is 0.865. The van der Waals surface area contributed by atoms with Crippen LogP contribution in [0.25, 0.3) is 0 Å². The summed E-state index contributed by atoms with van der Waals surface area (Å²) >= 11 is 0. The van der Waals surface area contributed by atoms with Gasteiger partial charge < -0.3 is 11.1 Å². The van der Waals surface area contributed by atoms with Gasteiger partial charge in [-0.25, -0.2) is 0 Å². The van der Waals surface area contributed by atoms with Crippen molar-refractivity contribution in [2.75, 3.05) is 6.54 Å². The minimum atomic E-state index is -4.38. The summed E-state index contributed by atoms with van der Waals surface area (Å²) in [7, 11) is 0. The number of amides is 1. The molecule has 0 spiro atoms. The van der Waals surface area contributed by atoms with Crippen LogP contribution in [0, 0.1) is 0 Å². The molecule has 0 radical (unpaired) electrons. The Bertz CT molecular complexity index is 446. The molecule has 0 bridgehead atoms. The molecule has 1 aromatic rings. The van der Waals surface area contributed by atoms with Crippen LogP contribution in [0.3, 0.4) is 0 Å². The summed E-state index contributed by atoms with van der Waals surface area (Å²) < 4.78 is 38.7. The van der Waals surface area contributed by atoms with E-state index in [1.807, 2.05) is 0 Å². The summed E-state index contributed by atoms with van der Waals surface area (Å²) in [6.07, 6.45) is -4.38. The Balaban J connectivity index is 2.93. The molecule has 0 aromatic heterocycles. The van der Waals surface area contributed by atoms with Gasteiger partial charge in [0.25, 0.3) is 0 Å². The number of benzene rings is 1. The second kappa shape index (κ2) is 6.06. The first kappa shape index (κ1) is 15.5. The van der Waals surface area contributed by atoms with Crippen molar-refractivity contribution in [3.05, 3.63) is 35.4 Å². The summed E-state index contributed by atoms with van der Waals surface area (Å²) in [5.74, 6) is -0.930. The Hall–Kier alpha value is -1.56. The fourth-order valence-corrected chi connectivity index (χ4v) is 1.86. The van der Waals surface area contributed by atoms with E-state index in [1.165, 1.54) is 12.1 Å². The molecule has 0 aliphatic rings. The third kappa shape index (κ3) is 4.24. The van der Waals surface area contributed by atoms with Crippen molar-refractivity contribution in [1.82, 2.24) is 5.32 Å². The van der Waals surface area contributed by atoms with Crippen molar-refractivity contribution in [1.29, 1.82) is 0 Å². The van der Waals surface area contributed by atoms with E-state index in [0.717, 1.165) is 6.07 Å². The molecule has 106 valence electrons. The third-order valence-electron chi connectivity index (χ3n) is 3.11.